The van der Waals surface area contributed by atoms with Gasteiger partial charge in [-0.25, -0.2) is 0 Å². The summed E-state index contributed by atoms with van der Waals surface area (Å²) in [6, 6.07) is 0.226. The molecule has 0 aromatic carbocycles. The Bertz CT molecular complexity index is 412. The molecule has 20 heavy (non-hydrogen) atoms. The normalized spacial score (nSPS) is 10.9. The summed E-state index contributed by atoms with van der Waals surface area (Å²) in [6.45, 7) is 10.7. The van der Waals surface area contributed by atoms with E-state index in [1.807, 2.05) is 23.6 Å². The van der Waals surface area contributed by atoms with Gasteiger partial charge in [-0.1, -0.05) is 0 Å². The third-order valence-corrected chi connectivity index (χ3v) is 3.24. The number of rotatable bonds is 8. The third kappa shape index (κ3) is 4.45. The number of aliphatic hydroxyl groups is 1. The number of anilines is 2. The summed E-state index contributed by atoms with van der Waals surface area (Å²) in [4.78, 5) is 17.0. The summed E-state index contributed by atoms with van der Waals surface area (Å²) in [5, 5.41) is 9.20. The first kappa shape index (κ1) is 16.9. The Morgan fingerprint density at radius 2 is 1.70 bits per heavy atom. The van der Waals surface area contributed by atoms with Crippen LogP contribution in [0.2, 0.25) is 5.28 Å². The van der Waals surface area contributed by atoms with Crippen molar-refractivity contribution < 1.29 is 5.11 Å². The molecule has 0 aliphatic heterocycles. The van der Waals surface area contributed by atoms with Gasteiger partial charge in [0.15, 0.2) is 0 Å². The van der Waals surface area contributed by atoms with Crippen molar-refractivity contribution >= 4 is 23.5 Å². The van der Waals surface area contributed by atoms with Crippen LogP contribution in [-0.4, -0.2) is 52.3 Å². The summed E-state index contributed by atoms with van der Waals surface area (Å²) < 4.78 is 0. The van der Waals surface area contributed by atoms with Gasteiger partial charge in [-0.3, -0.25) is 0 Å². The molecule has 0 radical (unpaired) electrons. The van der Waals surface area contributed by atoms with Crippen molar-refractivity contribution in [2.75, 3.05) is 36.0 Å². The molecule has 0 bridgehead atoms. The molecule has 0 aliphatic carbocycles. The molecule has 1 rings (SSSR count). The van der Waals surface area contributed by atoms with E-state index in [0.717, 1.165) is 13.1 Å². The molecule has 1 aromatic heterocycles. The number of nitrogens with zero attached hydrogens (tertiary/aromatic N) is 5. The second kappa shape index (κ2) is 8.21. The Balaban J connectivity index is 3.08. The molecule has 0 unspecified atom stereocenters. The minimum atomic E-state index is 0.144. The molecule has 0 spiro atoms. The molecule has 0 atom stereocenters. The van der Waals surface area contributed by atoms with Crippen LogP contribution in [0.25, 0.3) is 0 Å². The van der Waals surface area contributed by atoms with Crippen molar-refractivity contribution in [3.05, 3.63) is 5.28 Å². The highest BCUT2D eigenvalue weighted by Crippen LogP contribution is 2.18. The molecule has 1 aromatic rings. The highest BCUT2D eigenvalue weighted by Gasteiger charge is 2.17. The van der Waals surface area contributed by atoms with Crippen molar-refractivity contribution in [2.24, 2.45) is 0 Å². The molecular formula is C13H24ClN5O. The average molecular weight is 302 g/mol. The van der Waals surface area contributed by atoms with Gasteiger partial charge in [-0.2, -0.15) is 15.0 Å². The lowest BCUT2D eigenvalue weighted by molar-refractivity contribution is 0.288. The van der Waals surface area contributed by atoms with Crippen LogP contribution in [0.5, 0.6) is 0 Å². The van der Waals surface area contributed by atoms with Crippen LogP contribution in [0.15, 0.2) is 0 Å². The van der Waals surface area contributed by atoms with E-state index in [-0.39, 0.29) is 17.9 Å². The van der Waals surface area contributed by atoms with Gasteiger partial charge in [0.2, 0.25) is 17.2 Å². The smallest absolute Gasteiger partial charge is 0.231 e. The molecule has 7 heteroatoms. The first-order chi connectivity index (χ1) is 9.53. The summed E-state index contributed by atoms with van der Waals surface area (Å²) in [5.41, 5.74) is 0. The molecule has 0 amide bonds. The van der Waals surface area contributed by atoms with Gasteiger partial charge in [0.1, 0.15) is 0 Å². The molecule has 0 saturated heterocycles. The van der Waals surface area contributed by atoms with Crippen molar-refractivity contribution in [1.29, 1.82) is 0 Å². The lowest BCUT2D eigenvalue weighted by atomic mass is 10.3. The summed E-state index contributed by atoms with van der Waals surface area (Å²) in [5.74, 6) is 1.16. The predicted molar refractivity (Wildman–Crippen MR) is 82.6 cm³/mol. The summed E-state index contributed by atoms with van der Waals surface area (Å²) in [7, 11) is 0. The molecule has 6 nitrogen and oxygen atoms in total. The van der Waals surface area contributed by atoms with E-state index < -0.39 is 0 Å². The second-order valence-corrected chi connectivity index (χ2v) is 5.08. The monoisotopic (exact) mass is 301 g/mol. The van der Waals surface area contributed by atoms with Gasteiger partial charge in [-0.15, -0.1) is 0 Å². The van der Waals surface area contributed by atoms with Crippen LogP contribution in [0.1, 0.15) is 34.1 Å². The SMILES string of the molecule is CCN(CC)c1nc(Cl)nc(N(CCCO)C(C)C)n1. The van der Waals surface area contributed by atoms with E-state index in [9.17, 15) is 0 Å². The standard InChI is InChI=1S/C13H24ClN5O/c1-5-18(6-2)12-15-11(14)16-13(17-12)19(10(3)4)8-7-9-20/h10,20H,5-9H2,1-4H3. The largest absolute Gasteiger partial charge is 0.396 e. The summed E-state index contributed by atoms with van der Waals surface area (Å²) >= 11 is 6.03. The topological polar surface area (TPSA) is 65.4 Å². The molecular weight excluding hydrogens is 278 g/mol. The van der Waals surface area contributed by atoms with Gasteiger partial charge >= 0.3 is 0 Å². The quantitative estimate of drug-likeness (QED) is 0.792. The van der Waals surface area contributed by atoms with Crippen LogP contribution in [-0.2, 0) is 0 Å². The van der Waals surface area contributed by atoms with Gasteiger partial charge in [0.05, 0.1) is 0 Å². The van der Waals surface area contributed by atoms with Crippen LogP contribution < -0.4 is 9.80 Å². The zero-order chi connectivity index (χ0) is 15.1. The zero-order valence-corrected chi connectivity index (χ0v) is 13.4. The van der Waals surface area contributed by atoms with Gasteiger partial charge < -0.3 is 14.9 Å². The highest BCUT2D eigenvalue weighted by molar-refractivity contribution is 6.28. The van der Waals surface area contributed by atoms with Gasteiger partial charge in [0.25, 0.3) is 0 Å². The fraction of sp³-hybridized carbons (Fsp3) is 0.769. The highest BCUT2D eigenvalue weighted by atomic mass is 35.5. The Kier molecular flexibility index (Phi) is 6.95. The maximum Gasteiger partial charge on any atom is 0.231 e. The average Bonchev–Trinajstić information content (AvgIpc) is 2.39. The van der Waals surface area contributed by atoms with E-state index in [1.165, 1.54) is 0 Å². The predicted octanol–water partition coefficient (Wildman–Crippen LogP) is 1.97. The van der Waals surface area contributed by atoms with E-state index in [1.54, 1.807) is 0 Å². The van der Waals surface area contributed by atoms with E-state index >= 15 is 0 Å². The number of hydrogen-bond donors (Lipinski definition) is 1. The van der Waals surface area contributed by atoms with Crippen molar-refractivity contribution in [3.63, 3.8) is 0 Å². The first-order valence-corrected chi connectivity index (χ1v) is 7.45. The lowest BCUT2D eigenvalue weighted by Gasteiger charge is -2.27. The fourth-order valence-electron chi connectivity index (χ4n) is 1.94. The third-order valence-electron chi connectivity index (χ3n) is 3.07. The molecule has 1 N–H and O–H groups in total. The fourth-order valence-corrected chi connectivity index (χ4v) is 2.09. The minimum absolute atomic E-state index is 0.144. The molecule has 0 aliphatic rings. The Morgan fingerprint density at radius 3 is 2.20 bits per heavy atom. The van der Waals surface area contributed by atoms with Crippen LogP contribution in [0, 0.1) is 0 Å². The Labute approximate surface area is 125 Å². The molecule has 0 saturated carbocycles. The number of aliphatic hydroxyl groups excluding tert-OH is 1. The van der Waals surface area contributed by atoms with Crippen molar-refractivity contribution in [3.8, 4) is 0 Å². The maximum absolute atomic E-state index is 9.00. The number of hydrogen-bond acceptors (Lipinski definition) is 6. The van der Waals surface area contributed by atoms with Crippen LogP contribution in [0.4, 0.5) is 11.9 Å². The Hall–Kier alpha value is -1.14. The lowest BCUT2D eigenvalue weighted by Crippen LogP contribution is -2.35. The molecule has 114 valence electrons. The van der Waals surface area contributed by atoms with Crippen LogP contribution in [0.3, 0.4) is 0 Å². The minimum Gasteiger partial charge on any atom is -0.396 e. The van der Waals surface area contributed by atoms with Crippen molar-refractivity contribution in [2.45, 2.75) is 40.2 Å². The van der Waals surface area contributed by atoms with E-state index in [2.05, 4.69) is 28.8 Å². The zero-order valence-electron chi connectivity index (χ0n) is 12.7. The van der Waals surface area contributed by atoms with E-state index in [0.29, 0.717) is 24.9 Å². The van der Waals surface area contributed by atoms with E-state index in [4.69, 9.17) is 16.7 Å². The molecule has 0 fully saturated rings. The maximum atomic E-state index is 9.00. The second-order valence-electron chi connectivity index (χ2n) is 4.74. The number of aromatic nitrogens is 3. The number of halogens is 1. The van der Waals surface area contributed by atoms with Crippen molar-refractivity contribution in [1.82, 2.24) is 15.0 Å². The molecule has 1 heterocycles. The summed E-state index contributed by atoms with van der Waals surface area (Å²) in [6.07, 6.45) is 0.669. The Morgan fingerprint density at radius 1 is 1.10 bits per heavy atom. The van der Waals surface area contributed by atoms with Gasteiger partial charge in [0, 0.05) is 32.3 Å². The first-order valence-electron chi connectivity index (χ1n) is 7.07. The van der Waals surface area contributed by atoms with Gasteiger partial charge in [-0.05, 0) is 45.7 Å². The van der Waals surface area contributed by atoms with Crippen LogP contribution >= 0.6 is 11.6 Å².